The molecule has 0 heterocycles. The number of allylic oxidation sites excluding steroid dienone is 4. The van der Waals surface area contributed by atoms with E-state index in [1.165, 1.54) is 57.8 Å². The van der Waals surface area contributed by atoms with Gasteiger partial charge in [0.15, 0.2) is 0 Å². The van der Waals surface area contributed by atoms with Crippen LogP contribution in [-0.2, 0) is 0 Å². The van der Waals surface area contributed by atoms with Crippen LogP contribution in [0.25, 0.3) is 0 Å². The maximum Gasteiger partial charge on any atom is -0.0169 e. The molecule has 0 saturated carbocycles. The molecule has 0 radical (unpaired) electrons. The van der Waals surface area contributed by atoms with E-state index < -0.39 is 0 Å². The van der Waals surface area contributed by atoms with Gasteiger partial charge in [0.2, 0.25) is 0 Å². The van der Waals surface area contributed by atoms with Gasteiger partial charge in [-0.1, -0.05) is 76.2 Å². The SMILES string of the molecule is C/C=C/C/C=C/CCCCCCCCCC. The Morgan fingerprint density at radius 3 is 1.94 bits per heavy atom. The lowest BCUT2D eigenvalue weighted by atomic mass is 10.1. The second kappa shape index (κ2) is 14.5. The van der Waals surface area contributed by atoms with E-state index in [2.05, 4.69) is 38.2 Å². The van der Waals surface area contributed by atoms with E-state index in [1.807, 2.05) is 0 Å². The Labute approximate surface area is 103 Å². The van der Waals surface area contributed by atoms with Crippen LogP contribution in [0.5, 0.6) is 0 Å². The maximum absolute atomic E-state index is 2.33. The molecule has 0 rings (SSSR count). The molecule has 0 atom stereocenters. The van der Waals surface area contributed by atoms with Crippen molar-refractivity contribution in [1.29, 1.82) is 0 Å². The van der Waals surface area contributed by atoms with Gasteiger partial charge < -0.3 is 0 Å². The van der Waals surface area contributed by atoms with Crippen molar-refractivity contribution >= 4 is 0 Å². The molecule has 0 unspecified atom stereocenters. The minimum absolute atomic E-state index is 1.10. The van der Waals surface area contributed by atoms with E-state index in [-0.39, 0.29) is 0 Å². The fourth-order valence-corrected chi connectivity index (χ4v) is 1.82. The Hall–Kier alpha value is -0.520. The largest absolute Gasteiger partial charge is 0.0914 e. The van der Waals surface area contributed by atoms with Crippen molar-refractivity contribution in [1.82, 2.24) is 0 Å². The molecule has 0 aliphatic rings. The molecule has 0 bridgehead atoms. The van der Waals surface area contributed by atoms with Gasteiger partial charge in [-0.25, -0.2) is 0 Å². The smallest absolute Gasteiger partial charge is 0.0169 e. The first-order valence-electron chi connectivity index (χ1n) is 7.18. The van der Waals surface area contributed by atoms with E-state index in [0.717, 1.165) is 6.42 Å². The molecule has 0 N–H and O–H groups in total. The van der Waals surface area contributed by atoms with Crippen molar-refractivity contribution in [3.8, 4) is 0 Å². The quantitative estimate of drug-likeness (QED) is 0.295. The molecular weight excluding hydrogens is 192 g/mol. The second-order valence-electron chi connectivity index (χ2n) is 4.54. The molecule has 0 aromatic rings. The van der Waals surface area contributed by atoms with Crippen LogP contribution < -0.4 is 0 Å². The molecule has 0 heteroatoms. The Morgan fingerprint density at radius 2 is 1.31 bits per heavy atom. The summed E-state index contributed by atoms with van der Waals surface area (Å²) in [4.78, 5) is 0. The van der Waals surface area contributed by atoms with E-state index in [9.17, 15) is 0 Å². The lowest BCUT2D eigenvalue weighted by Crippen LogP contribution is -1.79. The van der Waals surface area contributed by atoms with E-state index in [1.54, 1.807) is 0 Å². The van der Waals surface area contributed by atoms with Gasteiger partial charge in [-0.2, -0.15) is 0 Å². The molecule has 0 aliphatic carbocycles. The standard InChI is InChI=1S/C16H30/c1-3-5-7-9-11-13-15-16-14-12-10-8-6-4-2/h3,5,9,11H,4,6-8,10,12-16H2,1-2H3/b5-3+,11-9+. The fraction of sp³-hybridized carbons (Fsp3) is 0.750. The molecule has 0 aromatic carbocycles. The van der Waals surface area contributed by atoms with Crippen molar-refractivity contribution in [2.24, 2.45) is 0 Å². The van der Waals surface area contributed by atoms with Gasteiger partial charge in [-0.05, 0) is 26.2 Å². The van der Waals surface area contributed by atoms with Crippen molar-refractivity contribution in [2.45, 2.75) is 78.1 Å². The predicted octanol–water partition coefficient (Wildman–Crippen LogP) is 6.04. The van der Waals surface area contributed by atoms with Crippen LogP contribution in [0.3, 0.4) is 0 Å². The van der Waals surface area contributed by atoms with Crippen LogP contribution >= 0.6 is 0 Å². The highest BCUT2D eigenvalue weighted by Crippen LogP contribution is 2.09. The van der Waals surface area contributed by atoms with Crippen LogP contribution in [0.1, 0.15) is 78.1 Å². The first kappa shape index (κ1) is 15.5. The van der Waals surface area contributed by atoms with E-state index >= 15 is 0 Å². The third kappa shape index (κ3) is 13.5. The first-order valence-corrected chi connectivity index (χ1v) is 7.18. The van der Waals surface area contributed by atoms with Gasteiger partial charge in [-0.3, -0.25) is 0 Å². The van der Waals surface area contributed by atoms with Gasteiger partial charge in [0.1, 0.15) is 0 Å². The predicted molar refractivity (Wildman–Crippen MR) is 75.8 cm³/mol. The highest BCUT2D eigenvalue weighted by atomic mass is 14.0. The van der Waals surface area contributed by atoms with Gasteiger partial charge in [0.05, 0.1) is 0 Å². The second-order valence-corrected chi connectivity index (χ2v) is 4.54. The third-order valence-corrected chi connectivity index (χ3v) is 2.90. The number of rotatable bonds is 11. The number of hydrogen-bond acceptors (Lipinski definition) is 0. The van der Waals surface area contributed by atoms with E-state index in [0.29, 0.717) is 0 Å². The highest BCUT2D eigenvalue weighted by Gasteiger charge is 1.89. The molecule has 0 aromatic heterocycles. The van der Waals surface area contributed by atoms with Gasteiger partial charge in [0.25, 0.3) is 0 Å². The summed E-state index contributed by atoms with van der Waals surface area (Å²) in [5.74, 6) is 0. The van der Waals surface area contributed by atoms with Gasteiger partial charge in [-0.15, -0.1) is 0 Å². The summed E-state index contributed by atoms with van der Waals surface area (Å²) in [5, 5.41) is 0. The van der Waals surface area contributed by atoms with Gasteiger partial charge in [0, 0.05) is 0 Å². The lowest BCUT2D eigenvalue weighted by Gasteiger charge is -1.99. The molecule has 0 amide bonds. The zero-order valence-corrected chi connectivity index (χ0v) is 11.4. The Bertz CT molecular complexity index is 165. The average molecular weight is 222 g/mol. The van der Waals surface area contributed by atoms with Crippen molar-refractivity contribution in [3.05, 3.63) is 24.3 Å². The Balaban J connectivity index is 3.00. The van der Waals surface area contributed by atoms with Crippen LogP contribution in [0.2, 0.25) is 0 Å². The molecule has 0 aliphatic heterocycles. The van der Waals surface area contributed by atoms with Crippen LogP contribution in [0, 0.1) is 0 Å². The summed E-state index contributed by atoms with van der Waals surface area (Å²) < 4.78 is 0. The zero-order valence-electron chi connectivity index (χ0n) is 11.4. The summed E-state index contributed by atoms with van der Waals surface area (Å²) in [6.07, 6.45) is 22.6. The Kier molecular flexibility index (Phi) is 14.0. The topological polar surface area (TPSA) is 0 Å². The monoisotopic (exact) mass is 222 g/mol. The molecule has 94 valence electrons. The number of hydrogen-bond donors (Lipinski definition) is 0. The molecule has 0 saturated heterocycles. The molecule has 16 heavy (non-hydrogen) atoms. The summed E-state index contributed by atoms with van der Waals surface area (Å²) in [7, 11) is 0. The van der Waals surface area contributed by atoms with Crippen LogP contribution in [0.15, 0.2) is 24.3 Å². The Morgan fingerprint density at radius 1 is 0.688 bits per heavy atom. The van der Waals surface area contributed by atoms with Crippen molar-refractivity contribution in [2.75, 3.05) is 0 Å². The molecule has 0 nitrogen and oxygen atoms in total. The lowest BCUT2D eigenvalue weighted by molar-refractivity contribution is 0.577. The number of unbranched alkanes of at least 4 members (excludes halogenated alkanes) is 8. The normalized spacial score (nSPS) is 11.9. The van der Waals surface area contributed by atoms with E-state index in [4.69, 9.17) is 0 Å². The maximum atomic E-state index is 2.33. The van der Waals surface area contributed by atoms with Crippen LogP contribution in [-0.4, -0.2) is 0 Å². The summed E-state index contributed by atoms with van der Waals surface area (Å²) in [6, 6.07) is 0. The van der Waals surface area contributed by atoms with Crippen molar-refractivity contribution < 1.29 is 0 Å². The third-order valence-electron chi connectivity index (χ3n) is 2.90. The van der Waals surface area contributed by atoms with Crippen LogP contribution in [0.4, 0.5) is 0 Å². The van der Waals surface area contributed by atoms with Crippen molar-refractivity contribution in [3.63, 3.8) is 0 Å². The minimum Gasteiger partial charge on any atom is -0.0914 e. The fourth-order valence-electron chi connectivity index (χ4n) is 1.82. The summed E-state index contributed by atoms with van der Waals surface area (Å²) >= 11 is 0. The molecular formula is C16H30. The zero-order chi connectivity index (χ0) is 11.9. The molecule has 0 fully saturated rings. The van der Waals surface area contributed by atoms with Gasteiger partial charge >= 0.3 is 0 Å². The minimum atomic E-state index is 1.10. The molecule has 0 spiro atoms. The summed E-state index contributed by atoms with van der Waals surface area (Å²) in [6.45, 7) is 4.35. The summed E-state index contributed by atoms with van der Waals surface area (Å²) in [5.41, 5.74) is 0. The first-order chi connectivity index (χ1) is 7.91. The average Bonchev–Trinajstić information content (AvgIpc) is 2.31. The highest BCUT2D eigenvalue weighted by molar-refractivity contribution is 4.91.